The molecule has 1 aliphatic carbocycles. The van der Waals surface area contributed by atoms with Crippen LogP contribution in [0.2, 0.25) is 0 Å². The molecule has 2 aromatic heterocycles. The molecule has 0 spiro atoms. The Morgan fingerprint density at radius 1 is 1.28 bits per heavy atom. The Balaban J connectivity index is 1.74. The van der Waals surface area contributed by atoms with Gasteiger partial charge >= 0.3 is 0 Å². The zero-order valence-corrected chi connectivity index (χ0v) is 17.2. The number of imidazole rings is 1. The van der Waals surface area contributed by atoms with Crippen LogP contribution in [0.15, 0.2) is 35.7 Å². The van der Waals surface area contributed by atoms with Gasteiger partial charge in [0.2, 0.25) is 5.88 Å². The molecule has 3 heterocycles. The molecule has 1 unspecified atom stereocenters. The van der Waals surface area contributed by atoms with Gasteiger partial charge in [-0.15, -0.1) is 11.8 Å². The number of rotatable bonds is 5. The summed E-state index contributed by atoms with van der Waals surface area (Å²) in [6, 6.07) is 6.68. The van der Waals surface area contributed by atoms with Gasteiger partial charge in [0, 0.05) is 24.2 Å². The van der Waals surface area contributed by atoms with E-state index in [2.05, 4.69) is 33.1 Å². The smallest absolute Gasteiger partial charge is 0.215 e. The second-order valence-corrected chi connectivity index (χ2v) is 8.80. The van der Waals surface area contributed by atoms with E-state index in [-0.39, 0.29) is 18.5 Å². The van der Waals surface area contributed by atoms with Gasteiger partial charge in [-0.05, 0) is 18.9 Å². The zero-order valence-electron chi connectivity index (χ0n) is 16.4. The van der Waals surface area contributed by atoms with Gasteiger partial charge in [-0.2, -0.15) is 0 Å². The van der Waals surface area contributed by atoms with Crippen molar-refractivity contribution in [2.24, 2.45) is 12.0 Å². The number of aliphatic hydroxyl groups excluding tert-OH is 1. The number of hydrogen-bond donors (Lipinski definition) is 3. The van der Waals surface area contributed by atoms with Crippen LogP contribution >= 0.6 is 11.8 Å². The normalized spacial score (nSPS) is 19.9. The fourth-order valence-corrected chi connectivity index (χ4v) is 5.61. The molecule has 0 radical (unpaired) electrons. The van der Waals surface area contributed by atoms with Crippen molar-refractivity contribution in [2.45, 2.75) is 37.8 Å². The van der Waals surface area contributed by atoms with Crippen molar-refractivity contribution in [3.8, 4) is 11.6 Å². The van der Waals surface area contributed by atoms with Crippen molar-refractivity contribution in [3.05, 3.63) is 36.4 Å². The van der Waals surface area contributed by atoms with Gasteiger partial charge in [0.1, 0.15) is 11.4 Å². The van der Waals surface area contributed by atoms with Gasteiger partial charge in [-0.1, -0.05) is 25.0 Å². The molecule has 0 amide bonds. The third kappa shape index (κ3) is 3.11. The number of para-hydroxylation sites is 1. The van der Waals surface area contributed by atoms with Crippen LogP contribution in [0, 0.1) is 0 Å². The van der Waals surface area contributed by atoms with E-state index in [4.69, 9.17) is 4.99 Å². The van der Waals surface area contributed by atoms with Crippen molar-refractivity contribution in [3.63, 3.8) is 0 Å². The van der Waals surface area contributed by atoms with Crippen LogP contribution in [0.25, 0.3) is 16.6 Å². The Morgan fingerprint density at radius 3 is 2.79 bits per heavy atom. The molecular formula is C21H25N5O2S. The molecule has 3 aromatic rings. The highest BCUT2D eigenvalue weighted by Gasteiger charge is 2.28. The van der Waals surface area contributed by atoms with Gasteiger partial charge < -0.3 is 20.1 Å². The minimum atomic E-state index is -0.0895. The van der Waals surface area contributed by atoms with Crippen LogP contribution in [0.4, 0.5) is 5.69 Å². The Morgan fingerprint density at radius 2 is 2.10 bits per heavy atom. The molecule has 29 heavy (non-hydrogen) atoms. The van der Waals surface area contributed by atoms with Crippen LogP contribution in [0.1, 0.15) is 31.4 Å². The quantitative estimate of drug-likeness (QED) is 0.600. The van der Waals surface area contributed by atoms with Gasteiger partial charge in [0.15, 0.2) is 0 Å². The number of benzene rings is 1. The molecular weight excluding hydrogens is 386 g/mol. The second-order valence-electron chi connectivity index (χ2n) is 7.79. The molecule has 1 fully saturated rings. The number of aryl methyl sites for hydroxylation is 1. The number of thioether (sulfide) groups is 1. The van der Waals surface area contributed by atoms with E-state index < -0.39 is 0 Å². The van der Waals surface area contributed by atoms with E-state index in [1.807, 2.05) is 7.05 Å². The Labute approximate surface area is 173 Å². The highest BCUT2D eigenvalue weighted by Crippen LogP contribution is 2.39. The molecule has 1 aliphatic heterocycles. The third-order valence-corrected chi connectivity index (χ3v) is 7.01. The molecule has 0 bridgehead atoms. The van der Waals surface area contributed by atoms with Crippen molar-refractivity contribution in [1.29, 1.82) is 0 Å². The molecule has 1 aromatic carbocycles. The Hall–Kier alpha value is -2.45. The number of fused-ring (bicyclic) bond motifs is 1. The highest BCUT2D eigenvalue weighted by molar-refractivity contribution is 8.14. The number of nitrogens with zero attached hydrogens (tertiary/aromatic N) is 4. The van der Waals surface area contributed by atoms with E-state index in [0.717, 1.165) is 38.8 Å². The predicted octanol–water partition coefficient (Wildman–Crippen LogP) is 3.28. The fourth-order valence-electron chi connectivity index (χ4n) is 4.49. The minimum absolute atomic E-state index is 0.0422. The van der Waals surface area contributed by atoms with Crippen molar-refractivity contribution in [2.75, 3.05) is 17.7 Å². The summed E-state index contributed by atoms with van der Waals surface area (Å²) in [5.74, 6) is 0.853. The van der Waals surface area contributed by atoms with Crippen molar-refractivity contribution < 1.29 is 10.2 Å². The number of aliphatic imine (C=N–C) groups is 1. The lowest BCUT2D eigenvalue weighted by Crippen LogP contribution is -2.15. The Bertz CT molecular complexity index is 1080. The van der Waals surface area contributed by atoms with Crippen LogP contribution in [0.3, 0.4) is 0 Å². The predicted molar refractivity (Wildman–Crippen MR) is 117 cm³/mol. The molecule has 0 saturated heterocycles. The first-order valence-electron chi connectivity index (χ1n) is 10.1. The van der Waals surface area contributed by atoms with E-state index in [1.165, 1.54) is 31.9 Å². The first-order chi connectivity index (χ1) is 14.2. The average molecular weight is 412 g/mol. The van der Waals surface area contributed by atoms with Crippen molar-refractivity contribution >= 4 is 33.4 Å². The summed E-state index contributed by atoms with van der Waals surface area (Å²) in [5, 5.41) is 25.6. The lowest BCUT2D eigenvalue weighted by atomic mass is 10.1. The molecule has 1 saturated carbocycles. The maximum atomic E-state index is 10.4. The second kappa shape index (κ2) is 7.42. The van der Waals surface area contributed by atoms with E-state index >= 15 is 0 Å². The topological polar surface area (TPSA) is 87.6 Å². The third-order valence-electron chi connectivity index (χ3n) is 5.89. The summed E-state index contributed by atoms with van der Waals surface area (Å²) in [6.45, 7) is 0.0422. The first-order valence-corrected chi connectivity index (χ1v) is 11.1. The molecule has 8 heteroatoms. The van der Waals surface area contributed by atoms with Crippen LogP contribution in [0.5, 0.6) is 5.88 Å². The standard InChI is InChI=1S/C21H25N5O2S/c1-25-18-15(7-4-8-16(18)23-13-5-2-3-6-13)19(26-12-22-9-17(26)28)20(25)21-24-14(10-27)11-29-21/h4,7-9,12-14,23,27-28H,2-3,5-6,10-11H2,1H3. The maximum Gasteiger partial charge on any atom is 0.215 e. The number of aliphatic hydroxyl groups is 1. The molecule has 1 atom stereocenters. The van der Waals surface area contributed by atoms with E-state index in [1.54, 1.807) is 22.7 Å². The van der Waals surface area contributed by atoms with Gasteiger partial charge in [-0.25, -0.2) is 4.98 Å². The highest BCUT2D eigenvalue weighted by atomic mass is 32.2. The number of aromatic nitrogens is 3. The summed E-state index contributed by atoms with van der Waals surface area (Å²) < 4.78 is 3.87. The number of nitrogens with one attached hydrogen (secondary N) is 1. The van der Waals surface area contributed by atoms with E-state index in [9.17, 15) is 10.2 Å². The summed E-state index contributed by atoms with van der Waals surface area (Å²) in [4.78, 5) is 8.86. The van der Waals surface area contributed by atoms with Gasteiger partial charge in [0.05, 0.1) is 41.4 Å². The minimum Gasteiger partial charge on any atom is -0.493 e. The SMILES string of the molecule is Cn1c(C2=NC(CO)CS2)c(-n2cncc2O)c2cccc(NC3CCCC3)c21. The lowest BCUT2D eigenvalue weighted by molar-refractivity contribution is 0.277. The fraction of sp³-hybridized carbons (Fsp3) is 0.429. The van der Waals surface area contributed by atoms with E-state index in [0.29, 0.717) is 6.04 Å². The molecule has 152 valence electrons. The summed E-state index contributed by atoms with van der Waals surface area (Å²) >= 11 is 1.65. The van der Waals surface area contributed by atoms with Crippen LogP contribution < -0.4 is 5.32 Å². The molecule has 5 rings (SSSR count). The van der Waals surface area contributed by atoms with Crippen LogP contribution in [-0.2, 0) is 7.05 Å². The summed E-state index contributed by atoms with van der Waals surface area (Å²) in [7, 11) is 2.05. The Kier molecular flexibility index (Phi) is 4.75. The first kappa shape index (κ1) is 18.6. The average Bonchev–Trinajstić information content (AvgIpc) is 3.50. The monoisotopic (exact) mass is 411 g/mol. The zero-order chi connectivity index (χ0) is 20.0. The maximum absolute atomic E-state index is 10.4. The largest absolute Gasteiger partial charge is 0.493 e. The summed E-state index contributed by atoms with van der Waals surface area (Å²) in [6.07, 6.45) is 8.03. The van der Waals surface area contributed by atoms with Gasteiger partial charge in [-0.3, -0.25) is 9.56 Å². The number of anilines is 1. The van der Waals surface area contributed by atoms with Crippen molar-refractivity contribution in [1.82, 2.24) is 14.1 Å². The van der Waals surface area contributed by atoms with Gasteiger partial charge in [0.25, 0.3) is 0 Å². The molecule has 2 aliphatic rings. The summed E-state index contributed by atoms with van der Waals surface area (Å²) in [5.41, 5.74) is 4.01. The molecule has 3 N–H and O–H groups in total. The lowest BCUT2D eigenvalue weighted by Gasteiger charge is -2.15. The number of hydrogen-bond acceptors (Lipinski definition) is 6. The molecule has 7 nitrogen and oxygen atoms in total. The number of aromatic hydroxyl groups is 1. The van der Waals surface area contributed by atoms with Crippen LogP contribution in [-0.4, -0.2) is 53.8 Å².